The molecule has 144 valence electrons. The Morgan fingerprint density at radius 2 is 1.57 bits per heavy atom. The Labute approximate surface area is 166 Å². The van der Waals surface area contributed by atoms with Gasteiger partial charge in [0.1, 0.15) is 0 Å². The van der Waals surface area contributed by atoms with E-state index in [4.69, 9.17) is 0 Å². The van der Waals surface area contributed by atoms with E-state index in [1.807, 2.05) is 42.5 Å². The Kier molecular flexibility index (Phi) is 6.04. The van der Waals surface area contributed by atoms with Gasteiger partial charge >= 0.3 is 0 Å². The van der Waals surface area contributed by atoms with Gasteiger partial charge in [0.2, 0.25) is 5.95 Å². The maximum atomic E-state index is 12.4. The van der Waals surface area contributed by atoms with Crippen LogP contribution >= 0.6 is 0 Å². The lowest BCUT2D eigenvalue weighted by molar-refractivity contribution is 0.102. The molecule has 5 nitrogen and oxygen atoms in total. The smallest absolute Gasteiger partial charge is 0.258 e. The second-order valence-electron chi connectivity index (χ2n) is 7.74. The molecule has 5 heteroatoms. The number of nitrogens with zero attached hydrogens (tertiary/aromatic N) is 2. The van der Waals surface area contributed by atoms with Crippen molar-refractivity contribution in [3.05, 3.63) is 83.7 Å². The van der Waals surface area contributed by atoms with Crippen molar-refractivity contribution in [3.63, 3.8) is 0 Å². The highest BCUT2D eigenvalue weighted by molar-refractivity contribution is 6.03. The molecule has 0 saturated carbocycles. The van der Waals surface area contributed by atoms with E-state index in [-0.39, 0.29) is 11.3 Å². The van der Waals surface area contributed by atoms with E-state index in [0.29, 0.717) is 11.5 Å². The second-order valence-corrected chi connectivity index (χ2v) is 7.74. The molecule has 0 spiro atoms. The Bertz CT molecular complexity index is 898. The molecule has 3 aromatic rings. The summed E-state index contributed by atoms with van der Waals surface area (Å²) in [4.78, 5) is 20.9. The summed E-state index contributed by atoms with van der Waals surface area (Å²) in [7, 11) is 0. The lowest BCUT2D eigenvalue weighted by Gasteiger charge is -2.19. The van der Waals surface area contributed by atoms with Gasteiger partial charge in [0, 0.05) is 24.6 Å². The third-order valence-corrected chi connectivity index (χ3v) is 4.46. The monoisotopic (exact) mass is 374 g/mol. The van der Waals surface area contributed by atoms with Crippen LogP contribution in [-0.2, 0) is 11.8 Å². The van der Waals surface area contributed by atoms with Crippen LogP contribution in [0.25, 0.3) is 0 Å². The van der Waals surface area contributed by atoms with Crippen molar-refractivity contribution in [1.82, 2.24) is 9.97 Å². The molecule has 0 bridgehead atoms. The molecule has 3 rings (SSSR count). The lowest BCUT2D eigenvalue weighted by Crippen LogP contribution is -2.15. The molecule has 0 atom stereocenters. The average Bonchev–Trinajstić information content (AvgIpc) is 2.69. The summed E-state index contributed by atoms with van der Waals surface area (Å²) in [6, 6.07) is 18.1. The minimum atomic E-state index is -0.223. The van der Waals surface area contributed by atoms with Gasteiger partial charge in [0.05, 0.1) is 5.56 Å². The van der Waals surface area contributed by atoms with Gasteiger partial charge in [-0.25, -0.2) is 9.97 Å². The van der Waals surface area contributed by atoms with Gasteiger partial charge in [-0.05, 0) is 35.1 Å². The van der Waals surface area contributed by atoms with Crippen LogP contribution in [0.1, 0.15) is 42.3 Å². The zero-order chi connectivity index (χ0) is 20.0. The Hall–Kier alpha value is -3.21. The maximum Gasteiger partial charge on any atom is 0.258 e. The van der Waals surface area contributed by atoms with E-state index in [1.54, 1.807) is 0 Å². The fraction of sp³-hybridized carbons (Fsp3) is 0.261. The number of hydrogen-bond acceptors (Lipinski definition) is 4. The number of benzene rings is 2. The standard InChI is InChI=1S/C23H26N4O/c1-23(2,3)19-9-11-20(12-10-19)27-21(28)18-15-25-22(26-16-18)24-14-13-17-7-5-4-6-8-17/h4-12,15-16H,13-14H2,1-3H3,(H,27,28)(H,24,25,26). The van der Waals surface area contributed by atoms with Crippen LogP contribution < -0.4 is 10.6 Å². The third-order valence-electron chi connectivity index (χ3n) is 4.46. The first-order valence-electron chi connectivity index (χ1n) is 9.43. The molecular formula is C23H26N4O. The number of rotatable bonds is 6. The third kappa shape index (κ3) is 5.39. The SMILES string of the molecule is CC(C)(C)c1ccc(NC(=O)c2cnc(NCCc3ccccc3)nc2)cc1. The molecule has 1 amide bonds. The summed E-state index contributed by atoms with van der Waals surface area (Å²) in [6.45, 7) is 7.21. The van der Waals surface area contributed by atoms with Gasteiger partial charge in [0.25, 0.3) is 5.91 Å². The Morgan fingerprint density at radius 1 is 0.929 bits per heavy atom. The maximum absolute atomic E-state index is 12.4. The molecule has 1 aromatic heterocycles. The molecule has 0 saturated heterocycles. The summed E-state index contributed by atoms with van der Waals surface area (Å²) in [5, 5.41) is 6.06. The van der Waals surface area contributed by atoms with Gasteiger partial charge in [-0.15, -0.1) is 0 Å². The van der Waals surface area contributed by atoms with Crippen LogP contribution in [0.4, 0.5) is 11.6 Å². The molecule has 0 aliphatic rings. The number of nitrogens with one attached hydrogen (secondary N) is 2. The predicted octanol–water partition coefficient (Wildman–Crippen LogP) is 4.68. The molecule has 28 heavy (non-hydrogen) atoms. The number of anilines is 2. The lowest BCUT2D eigenvalue weighted by atomic mass is 9.87. The van der Waals surface area contributed by atoms with Gasteiger partial charge in [-0.2, -0.15) is 0 Å². The summed E-state index contributed by atoms with van der Waals surface area (Å²) >= 11 is 0. The van der Waals surface area contributed by atoms with E-state index in [1.165, 1.54) is 23.5 Å². The zero-order valence-electron chi connectivity index (χ0n) is 16.6. The molecule has 0 aliphatic carbocycles. The van der Waals surface area contributed by atoms with Gasteiger partial charge < -0.3 is 10.6 Å². The second kappa shape index (κ2) is 8.65. The highest BCUT2D eigenvalue weighted by atomic mass is 16.1. The topological polar surface area (TPSA) is 66.9 Å². The van der Waals surface area contributed by atoms with Crippen LogP contribution in [0.15, 0.2) is 67.0 Å². The quantitative estimate of drug-likeness (QED) is 0.657. The van der Waals surface area contributed by atoms with Crippen molar-refractivity contribution in [1.29, 1.82) is 0 Å². The fourth-order valence-electron chi connectivity index (χ4n) is 2.76. The average molecular weight is 374 g/mol. The summed E-state index contributed by atoms with van der Waals surface area (Å²) in [6.07, 6.45) is 3.96. The first kappa shape index (κ1) is 19.5. The van der Waals surface area contributed by atoms with Crippen molar-refractivity contribution < 1.29 is 4.79 Å². The molecule has 2 aromatic carbocycles. The van der Waals surface area contributed by atoms with Crippen LogP contribution in [-0.4, -0.2) is 22.4 Å². The first-order chi connectivity index (χ1) is 13.4. The van der Waals surface area contributed by atoms with Gasteiger partial charge in [0.15, 0.2) is 0 Å². The number of aromatic nitrogens is 2. The fourth-order valence-corrected chi connectivity index (χ4v) is 2.76. The molecular weight excluding hydrogens is 348 g/mol. The van der Waals surface area contributed by atoms with E-state index in [9.17, 15) is 4.79 Å². The van der Waals surface area contributed by atoms with E-state index in [0.717, 1.165) is 18.7 Å². The van der Waals surface area contributed by atoms with E-state index in [2.05, 4.69) is 53.5 Å². The van der Waals surface area contributed by atoms with Crippen molar-refractivity contribution in [3.8, 4) is 0 Å². The normalized spacial score (nSPS) is 11.1. The van der Waals surface area contributed by atoms with E-state index < -0.39 is 0 Å². The highest BCUT2D eigenvalue weighted by Crippen LogP contribution is 2.23. The van der Waals surface area contributed by atoms with Crippen LogP contribution in [0, 0.1) is 0 Å². The van der Waals surface area contributed by atoms with Crippen molar-refractivity contribution in [2.45, 2.75) is 32.6 Å². The Balaban J connectivity index is 1.53. The minimum absolute atomic E-state index is 0.0831. The number of amides is 1. The van der Waals surface area contributed by atoms with Crippen LogP contribution in [0.2, 0.25) is 0 Å². The van der Waals surface area contributed by atoms with Gasteiger partial charge in [-0.3, -0.25) is 4.79 Å². The van der Waals surface area contributed by atoms with Crippen LogP contribution in [0.3, 0.4) is 0 Å². The molecule has 0 fully saturated rings. The van der Waals surface area contributed by atoms with Crippen LogP contribution in [0.5, 0.6) is 0 Å². The van der Waals surface area contributed by atoms with E-state index >= 15 is 0 Å². The zero-order valence-corrected chi connectivity index (χ0v) is 16.6. The summed E-state index contributed by atoms with van der Waals surface area (Å²) in [5.41, 5.74) is 3.74. The molecule has 0 unspecified atom stereocenters. The molecule has 0 radical (unpaired) electrons. The summed E-state index contributed by atoms with van der Waals surface area (Å²) in [5.74, 6) is 0.293. The number of hydrogen-bond donors (Lipinski definition) is 2. The molecule has 1 heterocycles. The Morgan fingerprint density at radius 3 is 2.18 bits per heavy atom. The summed E-state index contributed by atoms with van der Waals surface area (Å²) < 4.78 is 0. The van der Waals surface area contributed by atoms with Crippen molar-refractivity contribution >= 4 is 17.5 Å². The first-order valence-corrected chi connectivity index (χ1v) is 9.43. The predicted molar refractivity (Wildman–Crippen MR) is 114 cm³/mol. The highest BCUT2D eigenvalue weighted by Gasteiger charge is 2.13. The van der Waals surface area contributed by atoms with Crippen molar-refractivity contribution in [2.24, 2.45) is 0 Å². The molecule has 2 N–H and O–H groups in total. The van der Waals surface area contributed by atoms with Crippen molar-refractivity contribution in [2.75, 3.05) is 17.2 Å². The minimum Gasteiger partial charge on any atom is -0.354 e. The number of carbonyl (C=O) groups is 1. The van der Waals surface area contributed by atoms with Gasteiger partial charge in [-0.1, -0.05) is 63.2 Å². The largest absolute Gasteiger partial charge is 0.354 e. The number of carbonyl (C=O) groups excluding carboxylic acids is 1. The molecule has 0 aliphatic heterocycles.